The van der Waals surface area contributed by atoms with Crippen molar-refractivity contribution in [3.8, 4) is 11.5 Å². The van der Waals surface area contributed by atoms with Gasteiger partial charge in [0.25, 0.3) is 0 Å². The molecule has 2 rings (SSSR count). The van der Waals surface area contributed by atoms with E-state index in [9.17, 15) is 4.79 Å². The smallest absolute Gasteiger partial charge is 0.337 e. The van der Waals surface area contributed by atoms with Gasteiger partial charge in [-0.25, -0.2) is 4.79 Å². The summed E-state index contributed by atoms with van der Waals surface area (Å²) < 4.78 is 15.9. The number of nitrogens with two attached hydrogens (primary N) is 1. The summed E-state index contributed by atoms with van der Waals surface area (Å²) in [6.45, 7) is 0.525. The van der Waals surface area contributed by atoms with Crippen LogP contribution < -0.4 is 15.2 Å². The fourth-order valence-corrected chi connectivity index (χ4v) is 3.41. The van der Waals surface area contributed by atoms with Gasteiger partial charge in [-0.15, -0.1) is 0 Å². The molecule has 0 aliphatic heterocycles. The van der Waals surface area contributed by atoms with Crippen LogP contribution in [0.3, 0.4) is 0 Å². The number of methoxy groups -OCH3 is 3. The van der Waals surface area contributed by atoms with E-state index in [1.807, 2.05) is 6.07 Å². The van der Waals surface area contributed by atoms with Crippen molar-refractivity contribution >= 4 is 5.97 Å². The highest BCUT2D eigenvalue weighted by Gasteiger charge is 2.37. The first-order valence-corrected chi connectivity index (χ1v) is 7.66. The fourth-order valence-electron chi connectivity index (χ4n) is 3.41. The van der Waals surface area contributed by atoms with Crippen LogP contribution in [0.15, 0.2) is 12.1 Å². The van der Waals surface area contributed by atoms with E-state index < -0.39 is 0 Å². The third-order valence-corrected chi connectivity index (χ3v) is 4.67. The zero-order chi connectivity index (χ0) is 16.2. The number of hydrogen-bond acceptors (Lipinski definition) is 5. The van der Waals surface area contributed by atoms with Gasteiger partial charge < -0.3 is 19.9 Å². The number of hydrogen-bond donors (Lipinski definition) is 1. The zero-order valence-electron chi connectivity index (χ0n) is 13.6. The van der Waals surface area contributed by atoms with Crippen LogP contribution in [-0.4, -0.2) is 33.8 Å². The monoisotopic (exact) mass is 307 g/mol. The largest absolute Gasteiger partial charge is 0.493 e. The molecule has 0 unspecified atom stereocenters. The van der Waals surface area contributed by atoms with Crippen LogP contribution in [0.2, 0.25) is 0 Å². The number of carbonyl (C=O) groups is 1. The third kappa shape index (κ3) is 2.90. The van der Waals surface area contributed by atoms with Gasteiger partial charge in [0.1, 0.15) is 0 Å². The van der Waals surface area contributed by atoms with E-state index in [1.165, 1.54) is 13.5 Å². The second-order valence-electron chi connectivity index (χ2n) is 5.80. The average molecular weight is 307 g/mol. The van der Waals surface area contributed by atoms with Crippen molar-refractivity contribution in [2.45, 2.75) is 37.5 Å². The summed E-state index contributed by atoms with van der Waals surface area (Å²) in [6, 6.07) is 3.51. The molecule has 1 aliphatic rings. The summed E-state index contributed by atoms with van der Waals surface area (Å²) in [5.74, 6) is 0.825. The molecule has 0 heterocycles. The summed E-state index contributed by atoms with van der Waals surface area (Å²) in [6.07, 6.45) is 5.47. The predicted octanol–water partition coefficient (Wildman–Crippen LogP) is 2.65. The first-order valence-electron chi connectivity index (χ1n) is 7.66. The molecule has 0 saturated heterocycles. The standard InChI is InChI=1S/C17H25NO4/c1-20-14-10-12(16(19)22-3)9-13(15(14)21-2)17(11-18)7-5-4-6-8-17/h9-10H,4-8,11,18H2,1-3H3. The van der Waals surface area contributed by atoms with Gasteiger partial charge in [-0.05, 0) is 25.0 Å². The molecule has 1 aromatic carbocycles. The summed E-state index contributed by atoms with van der Waals surface area (Å²) in [7, 11) is 4.56. The van der Waals surface area contributed by atoms with Crippen molar-refractivity contribution in [3.05, 3.63) is 23.3 Å². The molecule has 22 heavy (non-hydrogen) atoms. The number of ether oxygens (including phenoxy) is 3. The molecule has 0 amide bonds. The molecule has 1 saturated carbocycles. The molecule has 122 valence electrons. The SMILES string of the molecule is COC(=O)c1cc(OC)c(OC)c(C2(CN)CCCCC2)c1. The van der Waals surface area contributed by atoms with E-state index in [-0.39, 0.29) is 11.4 Å². The summed E-state index contributed by atoms with van der Waals surface area (Å²) in [5.41, 5.74) is 7.39. The zero-order valence-corrected chi connectivity index (χ0v) is 13.6. The number of esters is 1. The van der Waals surface area contributed by atoms with E-state index in [2.05, 4.69) is 0 Å². The predicted molar refractivity (Wildman–Crippen MR) is 84.7 cm³/mol. The van der Waals surface area contributed by atoms with Crippen LogP contribution in [0.25, 0.3) is 0 Å². The Morgan fingerprint density at radius 2 is 1.82 bits per heavy atom. The lowest BCUT2D eigenvalue weighted by Gasteiger charge is -2.38. The Hall–Kier alpha value is -1.75. The fraction of sp³-hybridized carbons (Fsp3) is 0.588. The quantitative estimate of drug-likeness (QED) is 0.847. The van der Waals surface area contributed by atoms with Gasteiger partial charge in [0.05, 0.1) is 26.9 Å². The van der Waals surface area contributed by atoms with Crippen LogP contribution in [0.5, 0.6) is 11.5 Å². The topological polar surface area (TPSA) is 70.8 Å². The summed E-state index contributed by atoms with van der Waals surface area (Å²) in [5, 5.41) is 0. The Balaban J connectivity index is 2.62. The minimum atomic E-state index is -0.384. The van der Waals surface area contributed by atoms with Crippen LogP contribution in [0.1, 0.15) is 48.0 Å². The van der Waals surface area contributed by atoms with E-state index in [0.717, 1.165) is 31.2 Å². The Labute approximate surface area is 131 Å². The van der Waals surface area contributed by atoms with E-state index in [1.54, 1.807) is 20.3 Å². The van der Waals surface area contributed by atoms with Crippen molar-refractivity contribution in [2.24, 2.45) is 5.73 Å². The highest BCUT2D eigenvalue weighted by molar-refractivity contribution is 5.90. The molecule has 1 fully saturated rings. The van der Waals surface area contributed by atoms with Gasteiger partial charge in [-0.2, -0.15) is 0 Å². The van der Waals surface area contributed by atoms with Crippen LogP contribution in [-0.2, 0) is 10.2 Å². The van der Waals surface area contributed by atoms with Gasteiger partial charge in [0, 0.05) is 17.5 Å². The van der Waals surface area contributed by atoms with Crippen molar-refractivity contribution < 1.29 is 19.0 Å². The first kappa shape index (κ1) is 16.6. The van der Waals surface area contributed by atoms with Crippen molar-refractivity contribution in [1.29, 1.82) is 0 Å². The maximum absolute atomic E-state index is 12.0. The molecule has 0 aromatic heterocycles. The van der Waals surface area contributed by atoms with E-state index in [4.69, 9.17) is 19.9 Å². The molecule has 1 aromatic rings. The molecule has 0 spiro atoms. The van der Waals surface area contributed by atoms with Gasteiger partial charge in [0.15, 0.2) is 11.5 Å². The summed E-state index contributed by atoms with van der Waals surface area (Å²) >= 11 is 0. The van der Waals surface area contributed by atoms with Crippen LogP contribution in [0.4, 0.5) is 0 Å². The van der Waals surface area contributed by atoms with Gasteiger partial charge in [-0.3, -0.25) is 0 Å². The average Bonchev–Trinajstić information content (AvgIpc) is 2.60. The maximum Gasteiger partial charge on any atom is 0.337 e. The molecule has 0 radical (unpaired) electrons. The van der Waals surface area contributed by atoms with Crippen LogP contribution in [0, 0.1) is 0 Å². The molecule has 1 aliphatic carbocycles. The minimum Gasteiger partial charge on any atom is -0.493 e. The molecule has 2 N–H and O–H groups in total. The third-order valence-electron chi connectivity index (χ3n) is 4.67. The molecular weight excluding hydrogens is 282 g/mol. The van der Waals surface area contributed by atoms with E-state index >= 15 is 0 Å². The molecular formula is C17H25NO4. The normalized spacial score (nSPS) is 16.9. The van der Waals surface area contributed by atoms with Crippen molar-refractivity contribution in [1.82, 2.24) is 0 Å². The first-order chi connectivity index (χ1) is 10.6. The lowest BCUT2D eigenvalue weighted by atomic mass is 9.69. The Bertz CT molecular complexity index is 536. The molecule has 5 heteroatoms. The minimum absolute atomic E-state index is 0.166. The number of carbonyl (C=O) groups excluding carboxylic acids is 1. The lowest BCUT2D eigenvalue weighted by molar-refractivity contribution is 0.0600. The highest BCUT2D eigenvalue weighted by atomic mass is 16.5. The Morgan fingerprint density at radius 1 is 1.14 bits per heavy atom. The second kappa shape index (κ2) is 7.01. The lowest BCUT2D eigenvalue weighted by Crippen LogP contribution is -2.37. The Morgan fingerprint density at radius 3 is 2.32 bits per heavy atom. The number of benzene rings is 1. The van der Waals surface area contributed by atoms with Crippen LogP contribution >= 0.6 is 0 Å². The van der Waals surface area contributed by atoms with Crippen molar-refractivity contribution in [2.75, 3.05) is 27.9 Å². The van der Waals surface area contributed by atoms with Crippen molar-refractivity contribution in [3.63, 3.8) is 0 Å². The molecule has 0 bridgehead atoms. The van der Waals surface area contributed by atoms with Gasteiger partial charge in [0.2, 0.25) is 0 Å². The van der Waals surface area contributed by atoms with Gasteiger partial charge >= 0.3 is 5.97 Å². The number of rotatable bonds is 5. The summed E-state index contributed by atoms with van der Waals surface area (Å²) in [4.78, 5) is 12.0. The molecule has 5 nitrogen and oxygen atoms in total. The molecule has 0 atom stereocenters. The van der Waals surface area contributed by atoms with E-state index in [0.29, 0.717) is 23.6 Å². The van der Waals surface area contributed by atoms with Gasteiger partial charge in [-0.1, -0.05) is 19.3 Å². The Kier molecular flexibility index (Phi) is 5.29. The maximum atomic E-state index is 12.0. The second-order valence-corrected chi connectivity index (χ2v) is 5.80. The highest BCUT2D eigenvalue weighted by Crippen LogP contribution is 2.46.